The Labute approximate surface area is 91.2 Å². The van der Waals surface area contributed by atoms with Crippen LogP contribution in [0.15, 0.2) is 24.3 Å². The van der Waals surface area contributed by atoms with Gasteiger partial charge in [0.1, 0.15) is 5.75 Å². The average Bonchev–Trinajstić information content (AvgIpc) is 2.32. The van der Waals surface area contributed by atoms with Gasteiger partial charge in [-0.05, 0) is 31.0 Å². The zero-order valence-corrected chi connectivity index (χ0v) is 9.57. The van der Waals surface area contributed by atoms with Crippen LogP contribution >= 0.6 is 0 Å². The first-order valence-corrected chi connectivity index (χ1v) is 5.06. The molecule has 0 aliphatic rings. The van der Waals surface area contributed by atoms with Crippen LogP contribution in [0.2, 0.25) is 0 Å². The summed E-state index contributed by atoms with van der Waals surface area (Å²) in [4.78, 5) is 10.2. The molecule has 1 aromatic carbocycles. The lowest BCUT2D eigenvalue weighted by Gasteiger charge is -2.12. The van der Waals surface area contributed by atoms with Crippen LogP contribution < -0.4 is 10.5 Å². The molecule has 3 heteroatoms. The number of benzene rings is 1. The van der Waals surface area contributed by atoms with Gasteiger partial charge in [0.15, 0.2) is 0 Å². The van der Waals surface area contributed by atoms with E-state index >= 15 is 0 Å². The molecule has 0 spiro atoms. The molecule has 1 unspecified atom stereocenters. The predicted molar refractivity (Wildman–Crippen MR) is 62.0 cm³/mol. The first kappa shape index (κ1) is 13.7. The van der Waals surface area contributed by atoms with Gasteiger partial charge in [-0.25, -0.2) is 0 Å². The molecule has 0 saturated heterocycles. The van der Waals surface area contributed by atoms with Gasteiger partial charge in [-0.3, -0.25) is 4.79 Å². The molecule has 3 nitrogen and oxygen atoms in total. The number of carbonyl (C=O) groups excluding carboxylic acids is 1. The fraction of sp³-hybridized carbons (Fsp3) is 0.417. The molecule has 15 heavy (non-hydrogen) atoms. The van der Waals surface area contributed by atoms with Crippen molar-refractivity contribution in [1.82, 2.24) is 0 Å². The van der Waals surface area contributed by atoms with E-state index in [9.17, 15) is 4.79 Å². The molecule has 0 aliphatic carbocycles. The van der Waals surface area contributed by atoms with E-state index in [1.807, 2.05) is 24.3 Å². The number of para-hydroxylation sites is 1. The van der Waals surface area contributed by atoms with Crippen molar-refractivity contribution in [3.8, 4) is 5.75 Å². The largest absolute Gasteiger partial charge is 0.428 e. The summed E-state index contributed by atoms with van der Waals surface area (Å²) in [5.74, 6) is 1.10. The third kappa shape index (κ3) is 4.13. The van der Waals surface area contributed by atoms with E-state index < -0.39 is 0 Å². The SMILES string of the molecule is CCC(C)c1ccccc1OC=O.CN. The lowest BCUT2D eigenvalue weighted by Crippen LogP contribution is -1.97. The maximum Gasteiger partial charge on any atom is 0.298 e. The van der Waals surface area contributed by atoms with Crippen molar-refractivity contribution >= 4 is 6.47 Å². The Hall–Kier alpha value is -1.35. The van der Waals surface area contributed by atoms with E-state index in [4.69, 9.17) is 4.74 Å². The summed E-state index contributed by atoms with van der Waals surface area (Å²) in [6, 6.07) is 7.63. The highest BCUT2D eigenvalue weighted by Crippen LogP contribution is 2.27. The molecular weight excluding hydrogens is 190 g/mol. The van der Waals surface area contributed by atoms with Gasteiger partial charge in [0.2, 0.25) is 0 Å². The molecule has 0 saturated carbocycles. The summed E-state index contributed by atoms with van der Waals surface area (Å²) in [6.45, 7) is 4.70. The summed E-state index contributed by atoms with van der Waals surface area (Å²) in [6.07, 6.45) is 1.04. The summed E-state index contributed by atoms with van der Waals surface area (Å²) >= 11 is 0. The second-order valence-electron chi connectivity index (χ2n) is 3.06. The van der Waals surface area contributed by atoms with Gasteiger partial charge < -0.3 is 10.5 Å². The minimum absolute atomic E-state index is 0.427. The van der Waals surface area contributed by atoms with Gasteiger partial charge in [0.05, 0.1) is 0 Å². The average molecular weight is 209 g/mol. The number of nitrogens with two attached hydrogens (primary N) is 1. The highest BCUT2D eigenvalue weighted by atomic mass is 16.5. The molecular formula is C12H19NO2. The molecule has 0 amide bonds. The van der Waals surface area contributed by atoms with Crippen LogP contribution in [0, 0.1) is 0 Å². The van der Waals surface area contributed by atoms with Crippen LogP contribution in [0.1, 0.15) is 31.7 Å². The first-order valence-electron chi connectivity index (χ1n) is 5.06. The van der Waals surface area contributed by atoms with Crippen molar-refractivity contribution in [2.45, 2.75) is 26.2 Å². The molecule has 0 radical (unpaired) electrons. The van der Waals surface area contributed by atoms with E-state index in [1.54, 1.807) is 0 Å². The van der Waals surface area contributed by atoms with Crippen LogP contribution in [0.25, 0.3) is 0 Å². The Kier molecular flexibility index (Phi) is 7.28. The van der Waals surface area contributed by atoms with E-state index in [1.165, 1.54) is 7.05 Å². The van der Waals surface area contributed by atoms with Gasteiger partial charge >= 0.3 is 0 Å². The third-order valence-corrected chi connectivity index (χ3v) is 2.24. The van der Waals surface area contributed by atoms with E-state index in [2.05, 4.69) is 19.6 Å². The van der Waals surface area contributed by atoms with Gasteiger partial charge in [-0.1, -0.05) is 32.0 Å². The van der Waals surface area contributed by atoms with Crippen molar-refractivity contribution in [3.05, 3.63) is 29.8 Å². The van der Waals surface area contributed by atoms with Crippen LogP contribution in [0.4, 0.5) is 0 Å². The van der Waals surface area contributed by atoms with Gasteiger partial charge in [0, 0.05) is 0 Å². The standard InChI is InChI=1S/C11H14O2.CH5N/c1-3-9(2)10-6-4-5-7-11(10)13-8-12;1-2/h4-9H,3H2,1-2H3;2H2,1H3. The molecule has 84 valence electrons. The second-order valence-corrected chi connectivity index (χ2v) is 3.06. The maximum absolute atomic E-state index is 10.2. The highest BCUT2D eigenvalue weighted by molar-refractivity contribution is 5.48. The monoisotopic (exact) mass is 209 g/mol. The summed E-state index contributed by atoms with van der Waals surface area (Å²) in [5, 5.41) is 0. The molecule has 0 bridgehead atoms. The van der Waals surface area contributed by atoms with Gasteiger partial charge in [-0.2, -0.15) is 0 Å². The topological polar surface area (TPSA) is 52.3 Å². The minimum Gasteiger partial charge on any atom is -0.428 e. The van der Waals surface area contributed by atoms with Crippen LogP contribution in [-0.4, -0.2) is 13.5 Å². The molecule has 0 heterocycles. The van der Waals surface area contributed by atoms with Crippen molar-refractivity contribution in [2.75, 3.05) is 7.05 Å². The molecule has 0 aliphatic heterocycles. The van der Waals surface area contributed by atoms with Gasteiger partial charge in [-0.15, -0.1) is 0 Å². The van der Waals surface area contributed by atoms with Crippen molar-refractivity contribution < 1.29 is 9.53 Å². The molecule has 1 aromatic rings. The zero-order chi connectivity index (χ0) is 11.7. The lowest BCUT2D eigenvalue weighted by atomic mass is 9.98. The fourth-order valence-electron chi connectivity index (χ4n) is 1.27. The van der Waals surface area contributed by atoms with E-state index in [-0.39, 0.29) is 0 Å². The Morgan fingerprint density at radius 2 is 2.00 bits per heavy atom. The number of ether oxygens (including phenoxy) is 1. The van der Waals surface area contributed by atoms with Crippen molar-refractivity contribution in [3.63, 3.8) is 0 Å². The lowest BCUT2D eigenvalue weighted by molar-refractivity contribution is -0.120. The summed E-state index contributed by atoms with van der Waals surface area (Å²) in [5.41, 5.74) is 5.59. The smallest absolute Gasteiger partial charge is 0.298 e. The molecule has 1 rings (SSSR count). The normalized spacial score (nSPS) is 10.9. The summed E-state index contributed by atoms with van der Waals surface area (Å²) in [7, 11) is 1.50. The van der Waals surface area contributed by atoms with Crippen LogP contribution in [-0.2, 0) is 4.79 Å². The second kappa shape index (κ2) is 8.00. The van der Waals surface area contributed by atoms with Crippen LogP contribution in [0.5, 0.6) is 5.75 Å². The number of hydrogen-bond acceptors (Lipinski definition) is 3. The van der Waals surface area contributed by atoms with Crippen molar-refractivity contribution in [2.24, 2.45) is 5.73 Å². The Morgan fingerprint density at radius 3 is 2.53 bits per heavy atom. The summed E-state index contributed by atoms with van der Waals surface area (Å²) < 4.78 is 4.88. The Bertz CT molecular complexity index is 287. The van der Waals surface area contributed by atoms with E-state index in [0.29, 0.717) is 18.1 Å². The fourth-order valence-corrected chi connectivity index (χ4v) is 1.27. The van der Waals surface area contributed by atoms with E-state index in [0.717, 1.165) is 12.0 Å². The number of carbonyl (C=O) groups is 1. The molecule has 0 aromatic heterocycles. The molecule has 1 atom stereocenters. The zero-order valence-electron chi connectivity index (χ0n) is 9.57. The first-order chi connectivity index (χ1) is 7.29. The predicted octanol–water partition coefficient (Wildman–Crippen LogP) is 2.31. The van der Waals surface area contributed by atoms with Crippen molar-refractivity contribution in [1.29, 1.82) is 0 Å². The quantitative estimate of drug-likeness (QED) is 0.774. The number of rotatable bonds is 4. The Balaban J connectivity index is 0.000000921. The number of hydrogen-bond donors (Lipinski definition) is 1. The molecule has 2 N–H and O–H groups in total. The van der Waals surface area contributed by atoms with Gasteiger partial charge in [0.25, 0.3) is 6.47 Å². The minimum atomic E-state index is 0.427. The maximum atomic E-state index is 10.2. The molecule has 0 fully saturated rings. The Morgan fingerprint density at radius 1 is 1.40 bits per heavy atom. The third-order valence-electron chi connectivity index (χ3n) is 2.24. The van der Waals surface area contributed by atoms with Crippen LogP contribution in [0.3, 0.4) is 0 Å². The highest BCUT2D eigenvalue weighted by Gasteiger charge is 2.08.